The Morgan fingerprint density at radius 1 is 1.03 bits per heavy atom. The number of halogens is 1. The minimum atomic E-state index is 0.269. The summed E-state index contributed by atoms with van der Waals surface area (Å²) in [5.74, 6) is 0.799. The van der Waals surface area contributed by atoms with Gasteiger partial charge in [0.1, 0.15) is 17.2 Å². The molecular formula is C24H22ClN7. The van der Waals surface area contributed by atoms with Crippen molar-refractivity contribution in [1.82, 2.24) is 29.7 Å². The Hall–Kier alpha value is -3.71. The summed E-state index contributed by atoms with van der Waals surface area (Å²) in [5.41, 5.74) is 6.11. The first-order valence-corrected chi connectivity index (χ1v) is 10.8. The Kier molecular flexibility index (Phi) is 5.33. The fourth-order valence-electron chi connectivity index (χ4n) is 3.56. The zero-order valence-electron chi connectivity index (χ0n) is 17.7. The molecule has 3 aromatic heterocycles. The van der Waals surface area contributed by atoms with E-state index in [1.54, 1.807) is 12.4 Å². The lowest BCUT2D eigenvalue weighted by Gasteiger charge is -2.05. The molecule has 32 heavy (non-hydrogen) atoms. The van der Waals surface area contributed by atoms with E-state index in [4.69, 9.17) is 21.7 Å². The molecule has 160 valence electrons. The van der Waals surface area contributed by atoms with Crippen molar-refractivity contribution in [3.63, 3.8) is 0 Å². The van der Waals surface area contributed by atoms with Crippen LogP contribution in [0, 0.1) is 0 Å². The lowest BCUT2D eigenvalue weighted by atomic mass is 10.1. The molecule has 0 spiro atoms. The highest BCUT2D eigenvalue weighted by molar-refractivity contribution is 6.30. The molecule has 0 amide bonds. The predicted molar refractivity (Wildman–Crippen MR) is 128 cm³/mol. The summed E-state index contributed by atoms with van der Waals surface area (Å²) in [5, 5.41) is 8.80. The highest BCUT2D eigenvalue weighted by atomic mass is 35.5. The minimum absolute atomic E-state index is 0.269. The molecule has 2 N–H and O–H groups in total. The second kappa shape index (κ2) is 8.43. The molecule has 0 bridgehead atoms. The molecule has 2 aromatic carbocycles. The van der Waals surface area contributed by atoms with Crippen LogP contribution in [0.4, 0.5) is 5.69 Å². The zero-order chi connectivity index (χ0) is 22.1. The van der Waals surface area contributed by atoms with Gasteiger partial charge in [0, 0.05) is 40.9 Å². The van der Waals surface area contributed by atoms with E-state index in [0.29, 0.717) is 11.6 Å². The SMILES string of the molecule is CC(C)n1ccc(-c2nc(CNc3cccc(Cl)c3)[nH]c2-c2ccc3nccnc3c2)n1. The van der Waals surface area contributed by atoms with Gasteiger partial charge < -0.3 is 10.3 Å². The maximum atomic E-state index is 6.11. The van der Waals surface area contributed by atoms with Gasteiger partial charge in [-0.05, 0) is 50.2 Å². The number of anilines is 1. The summed E-state index contributed by atoms with van der Waals surface area (Å²) in [6.07, 6.45) is 5.38. The monoisotopic (exact) mass is 443 g/mol. The fourth-order valence-corrected chi connectivity index (χ4v) is 3.75. The van der Waals surface area contributed by atoms with Crippen molar-refractivity contribution in [1.29, 1.82) is 0 Å². The van der Waals surface area contributed by atoms with Crippen LogP contribution in [-0.2, 0) is 6.54 Å². The molecule has 5 aromatic rings. The van der Waals surface area contributed by atoms with E-state index in [9.17, 15) is 0 Å². The van der Waals surface area contributed by atoms with Crippen LogP contribution in [0.3, 0.4) is 0 Å². The van der Waals surface area contributed by atoms with Gasteiger partial charge in [0.15, 0.2) is 0 Å². The maximum Gasteiger partial charge on any atom is 0.126 e. The van der Waals surface area contributed by atoms with E-state index < -0.39 is 0 Å². The molecule has 0 aliphatic heterocycles. The number of benzene rings is 2. The largest absolute Gasteiger partial charge is 0.378 e. The molecular weight excluding hydrogens is 422 g/mol. The lowest BCUT2D eigenvalue weighted by molar-refractivity contribution is 0.534. The first-order chi connectivity index (χ1) is 15.6. The van der Waals surface area contributed by atoms with Crippen molar-refractivity contribution in [2.45, 2.75) is 26.4 Å². The zero-order valence-corrected chi connectivity index (χ0v) is 18.5. The molecule has 0 aliphatic rings. The summed E-state index contributed by atoms with van der Waals surface area (Å²) in [6.45, 7) is 4.72. The van der Waals surface area contributed by atoms with Crippen LogP contribution >= 0.6 is 11.6 Å². The number of hydrogen-bond acceptors (Lipinski definition) is 5. The Balaban J connectivity index is 1.54. The van der Waals surface area contributed by atoms with Gasteiger partial charge in [0.25, 0.3) is 0 Å². The van der Waals surface area contributed by atoms with Crippen LogP contribution in [0.5, 0.6) is 0 Å². The molecule has 7 nitrogen and oxygen atoms in total. The Bertz CT molecular complexity index is 1390. The van der Waals surface area contributed by atoms with E-state index in [2.05, 4.69) is 34.1 Å². The number of aromatic nitrogens is 6. The summed E-state index contributed by atoms with van der Waals surface area (Å²) in [6, 6.07) is 15.9. The topological polar surface area (TPSA) is 84.3 Å². The van der Waals surface area contributed by atoms with Gasteiger partial charge in [-0.3, -0.25) is 14.6 Å². The Labute approximate surface area is 190 Å². The highest BCUT2D eigenvalue weighted by Crippen LogP contribution is 2.31. The van der Waals surface area contributed by atoms with Crippen molar-refractivity contribution in [2.24, 2.45) is 0 Å². The number of hydrogen-bond donors (Lipinski definition) is 2. The third-order valence-electron chi connectivity index (χ3n) is 5.18. The average molecular weight is 444 g/mol. The molecule has 0 unspecified atom stereocenters. The van der Waals surface area contributed by atoms with Gasteiger partial charge >= 0.3 is 0 Å². The Morgan fingerprint density at radius 3 is 2.66 bits per heavy atom. The molecule has 0 aliphatic carbocycles. The van der Waals surface area contributed by atoms with Crippen LogP contribution in [-0.4, -0.2) is 29.7 Å². The number of aromatic amines is 1. The number of imidazole rings is 1. The van der Waals surface area contributed by atoms with Crippen molar-refractivity contribution >= 4 is 28.3 Å². The number of rotatable bonds is 6. The molecule has 0 fully saturated rings. The second-order valence-corrected chi connectivity index (χ2v) is 8.24. The third-order valence-corrected chi connectivity index (χ3v) is 5.41. The predicted octanol–water partition coefficient (Wildman–Crippen LogP) is 5.73. The lowest BCUT2D eigenvalue weighted by Crippen LogP contribution is -2.01. The molecule has 0 atom stereocenters. The van der Waals surface area contributed by atoms with Gasteiger partial charge in [-0.25, -0.2) is 4.98 Å². The average Bonchev–Trinajstić information content (AvgIpc) is 3.45. The van der Waals surface area contributed by atoms with E-state index in [1.807, 2.05) is 59.4 Å². The van der Waals surface area contributed by atoms with Crippen LogP contribution in [0.1, 0.15) is 25.7 Å². The van der Waals surface area contributed by atoms with Crippen molar-refractivity contribution < 1.29 is 0 Å². The summed E-state index contributed by atoms with van der Waals surface area (Å²) in [7, 11) is 0. The van der Waals surface area contributed by atoms with Gasteiger partial charge in [-0.1, -0.05) is 23.7 Å². The quantitative estimate of drug-likeness (QED) is 0.350. The first-order valence-electron chi connectivity index (χ1n) is 10.4. The van der Waals surface area contributed by atoms with Gasteiger partial charge in [0.05, 0.1) is 23.3 Å². The van der Waals surface area contributed by atoms with Gasteiger partial charge in [-0.2, -0.15) is 5.10 Å². The van der Waals surface area contributed by atoms with Crippen LogP contribution in [0.15, 0.2) is 67.1 Å². The van der Waals surface area contributed by atoms with Crippen molar-refractivity contribution in [2.75, 3.05) is 5.32 Å². The minimum Gasteiger partial charge on any atom is -0.378 e. The van der Waals surface area contributed by atoms with Crippen molar-refractivity contribution in [3.05, 3.63) is 78.0 Å². The Morgan fingerprint density at radius 2 is 1.88 bits per heavy atom. The molecule has 0 saturated carbocycles. The van der Waals surface area contributed by atoms with Crippen LogP contribution < -0.4 is 5.32 Å². The summed E-state index contributed by atoms with van der Waals surface area (Å²) >= 11 is 6.11. The molecule has 3 heterocycles. The molecule has 0 radical (unpaired) electrons. The second-order valence-electron chi connectivity index (χ2n) is 7.81. The number of nitrogens with zero attached hydrogens (tertiary/aromatic N) is 5. The van der Waals surface area contributed by atoms with E-state index in [-0.39, 0.29) is 6.04 Å². The molecule has 8 heteroatoms. The normalized spacial score (nSPS) is 11.4. The fraction of sp³-hybridized carbons (Fsp3) is 0.167. The summed E-state index contributed by atoms with van der Waals surface area (Å²) < 4.78 is 1.93. The first kappa shape index (κ1) is 20.2. The molecule has 0 saturated heterocycles. The van der Waals surface area contributed by atoms with Crippen LogP contribution in [0.2, 0.25) is 5.02 Å². The van der Waals surface area contributed by atoms with E-state index in [1.165, 1.54) is 0 Å². The summed E-state index contributed by atoms with van der Waals surface area (Å²) in [4.78, 5) is 17.2. The maximum absolute atomic E-state index is 6.11. The number of fused-ring (bicyclic) bond motifs is 1. The van der Waals surface area contributed by atoms with Crippen molar-refractivity contribution in [3.8, 4) is 22.6 Å². The standard InChI is InChI=1S/C24H22ClN7/c1-15(2)32-11-8-20(31-32)24-23(16-6-7-19-21(12-16)27-10-9-26-19)29-22(30-24)14-28-18-5-3-4-17(25)13-18/h3-13,15,28H,14H2,1-2H3,(H,29,30). The third kappa shape index (κ3) is 4.07. The smallest absolute Gasteiger partial charge is 0.126 e. The van der Waals surface area contributed by atoms with E-state index in [0.717, 1.165) is 45.2 Å². The van der Waals surface area contributed by atoms with Gasteiger partial charge in [0.2, 0.25) is 0 Å². The van der Waals surface area contributed by atoms with E-state index >= 15 is 0 Å². The van der Waals surface area contributed by atoms with Gasteiger partial charge in [-0.15, -0.1) is 0 Å². The highest BCUT2D eigenvalue weighted by Gasteiger charge is 2.17. The molecule has 5 rings (SSSR count). The van der Waals surface area contributed by atoms with Crippen LogP contribution in [0.25, 0.3) is 33.7 Å². The number of nitrogens with one attached hydrogen (secondary N) is 2. The number of H-pyrrole nitrogens is 1.